The molecule has 5 nitrogen and oxygen atoms in total. The van der Waals surface area contributed by atoms with Crippen LogP contribution in [0.5, 0.6) is 0 Å². The summed E-state index contributed by atoms with van der Waals surface area (Å²) in [6.45, 7) is 3.46. The summed E-state index contributed by atoms with van der Waals surface area (Å²) in [5.74, 6) is 0.782. The zero-order chi connectivity index (χ0) is 18.9. The van der Waals surface area contributed by atoms with E-state index in [4.69, 9.17) is 16.3 Å². The molecule has 4 aromatic rings. The SMILES string of the molecule is Clc1cccc(-c2nnc3ccc(-c4ccc(N5CCOCC5)cc4)cn23)c1. The highest BCUT2D eigenvalue weighted by atomic mass is 35.5. The normalized spacial score (nSPS) is 14.5. The number of nitrogens with zero attached hydrogens (tertiary/aromatic N) is 4. The molecule has 0 saturated carbocycles. The highest BCUT2D eigenvalue weighted by Crippen LogP contribution is 2.27. The summed E-state index contributed by atoms with van der Waals surface area (Å²) in [6.07, 6.45) is 2.08. The molecule has 0 spiro atoms. The molecule has 0 bridgehead atoms. The Morgan fingerprint density at radius 3 is 2.39 bits per heavy atom. The lowest BCUT2D eigenvalue weighted by Crippen LogP contribution is -2.36. The zero-order valence-electron chi connectivity index (χ0n) is 15.3. The third-order valence-electron chi connectivity index (χ3n) is 5.06. The van der Waals surface area contributed by atoms with Gasteiger partial charge in [-0.05, 0) is 47.5 Å². The third-order valence-corrected chi connectivity index (χ3v) is 5.30. The average molecular weight is 391 g/mol. The number of halogens is 1. The number of morpholine rings is 1. The molecule has 0 N–H and O–H groups in total. The van der Waals surface area contributed by atoms with Gasteiger partial charge in [-0.25, -0.2) is 0 Å². The minimum absolute atomic E-state index is 0.684. The Morgan fingerprint density at radius 1 is 0.821 bits per heavy atom. The second-order valence-corrected chi connectivity index (χ2v) is 7.26. The molecule has 28 heavy (non-hydrogen) atoms. The highest BCUT2D eigenvalue weighted by Gasteiger charge is 2.12. The molecule has 0 aliphatic carbocycles. The van der Waals surface area contributed by atoms with Crippen molar-refractivity contribution in [2.24, 2.45) is 0 Å². The molecular formula is C22H19ClN4O. The molecular weight excluding hydrogens is 372 g/mol. The van der Waals surface area contributed by atoms with Crippen molar-refractivity contribution < 1.29 is 4.74 Å². The maximum absolute atomic E-state index is 6.15. The van der Waals surface area contributed by atoms with E-state index in [0.717, 1.165) is 54.5 Å². The molecule has 1 fully saturated rings. The van der Waals surface area contributed by atoms with Crippen molar-refractivity contribution in [1.29, 1.82) is 0 Å². The van der Waals surface area contributed by atoms with Crippen LogP contribution in [0.2, 0.25) is 5.02 Å². The van der Waals surface area contributed by atoms with Gasteiger partial charge in [-0.2, -0.15) is 0 Å². The monoisotopic (exact) mass is 390 g/mol. The van der Waals surface area contributed by atoms with Crippen LogP contribution in [0.4, 0.5) is 5.69 Å². The van der Waals surface area contributed by atoms with E-state index in [-0.39, 0.29) is 0 Å². The van der Waals surface area contributed by atoms with Gasteiger partial charge in [0.2, 0.25) is 0 Å². The Bertz CT molecular complexity index is 1120. The van der Waals surface area contributed by atoms with Crippen molar-refractivity contribution in [2.45, 2.75) is 0 Å². The van der Waals surface area contributed by atoms with Crippen molar-refractivity contribution in [3.05, 3.63) is 71.9 Å². The first kappa shape index (κ1) is 17.2. The van der Waals surface area contributed by atoms with Crippen molar-refractivity contribution in [3.8, 4) is 22.5 Å². The highest BCUT2D eigenvalue weighted by molar-refractivity contribution is 6.30. The first-order valence-electron chi connectivity index (χ1n) is 9.32. The second kappa shape index (κ2) is 7.26. The number of hydrogen-bond donors (Lipinski definition) is 0. The fourth-order valence-electron chi connectivity index (χ4n) is 3.57. The molecule has 0 radical (unpaired) electrons. The summed E-state index contributed by atoms with van der Waals surface area (Å²) < 4.78 is 7.45. The van der Waals surface area contributed by atoms with Gasteiger partial charge in [0.05, 0.1) is 13.2 Å². The average Bonchev–Trinajstić information content (AvgIpc) is 3.18. The topological polar surface area (TPSA) is 42.7 Å². The predicted octanol–water partition coefficient (Wildman–Crippen LogP) is 4.55. The molecule has 2 aromatic carbocycles. The van der Waals surface area contributed by atoms with Crippen molar-refractivity contribution in [1.82, 2.24) is 14.6 Å². The lowest BCUT2D eigenvalue weighted by atomic mass is 10.1. The lowest BCUT2D eigenvalue weighted by Gasteiger charge is -2.28. The smallest absolute Gasteiger partial charge is 0.168 e. The summed E-state index contributed by atoms with van der Waals surface area (Å²) in [5, 5.41) is 9.32. The van der Waals surface area contributed by atoms with Gasteiger partial charge >= 0.3 is 0 Å². The van der Waals surface area contributed by atoms with E-state index in [1.807, 2.05) is 34.7 Å². The summed E-state index contributed by atoms with van der Waals surface area (Å²) in [4.78, 5) is 2.35. The molecule has 1 aliphatic rings. The first-order valence-corrected chi connectivity index (χ1v) is 9.70. The number of benzene rings is 2. The Balaban J connectivity index is 1.50. The lowest BCUT2D eigenvalue weighted by molar-refractivity contribution is 0.122. The van der Waals surface area contributed by atoms with Crippen LogP contribution in [0.15, 0.2) is 66.9 Å². The molecule has 2 aromatic heterocycles. The summed E-state index contributed by atoms with van der Waals surface area (Å²) >= 11 is 6.15. The van der Waals surface area contributed by atoms with Crippen LogP contribution in [-0.2, 0) is 4.74 Å². The van der Waals surface area contributed by atoms with Gasteiger partial charge in [0.15, 0.2) is 11.5 Å². The van der Waals surface area contributed by atoms with E-state index < -0.39 is 0 Å². The minimum atomic E-state index is 0.684. The van der Waals surface area contributed by atoms with E-state index in [1.54, 1.807) is 0 Å². The molecule has 1 aliphatic heterocycles. The van der Waals surface area contributed by atoms with Crippen LogP contribution in [0.1, 0.15) is 0 Å². The number of fused-ring (bicyclic) bond motifs is 1. The summed E-state index contributed by atoms with van der Waals surface area (Å²) in [5.41, 5.74) is 5.26. The number of aromatic nitrogens is 3. The molecule has 1 saturated heterocycles. The van der Waals surface area contributed by atoms with Gasteiger partial charge in [-0.3, -0.25) is 4.40 Å². The van der Waals surface area contributed by atoms with Crippen LogP contribution >= 0.6 is 11.6 Å². The Morgan fingerprint density at radius 2 is 1.61 bits per heavy atom. The van der Waals surface area contributed by atoms with Crippen LogP contribution < -0.4 is 4.90 Å². The van der Waals surface area contributed by atoms with Gasteiger partial charge < -0.3 is 9.64 Å². The molecule has 140 valence electrons. The molecule has 0 unspecified atom stereocenters. The zero-order valence-corrected chi connectivity index (χ0v) is 16.0. The fourth-order valence-corrected chi connectivity index (χ4v) is 3.76. The number of rotatable bonds is 3. The number of ether oxygens (including phenoxy) is 1. The van der Waals surface area contributed by atoms with Crippen LogP contribution in [0.25, 0.3) is 28.2 Å². The standard InChI is InChI=1S/C22H19ClN4O/c23-19-3-1-2-17(14-19)22-25-24-21-9-6-18(15-27(21)22)16-4-7-20(8-5-16)26-10-12-28-13-11-26/h1-9,14-15H,10-13H2. The van der Waals surface area contributed by atoms with Gasteiger partial charge in [-0.15, -0.1) is 10.2 Å². The van der Waals surface area contributed by atoms with Gasteiger partial charge in [0, 0.05) is 35.6 Å². The maximum Gasteiger partial charge on any atom is 0.168 e. The quantitative estimate of drug-likeness (QED) is 0.514. The van der Waals surface area contributed by atoms with Crippen LogP contribution in [-0.4, -0.2) is 40.9 Å². The fraction of sp³-hybridized carbons (Fsp3) is 0.182. The van der Waals surface area contributed by atoms with Crippen LogP contribution in [0, 0.1) is 0 Å². The Hall–Kier alpha value is -2.89. The molecule has 0 amide bonds. The van der Waals surface area contributed by atoms with E-state index in [2.05, 4.69) is 51.6 Å². The van der Waals surface area contributed by atoms with E-state index in [1.165, 1.54) is 5.69 Å². The minimum Gasteiger partial charge on any atom is -0.378 e. The van der Waals surface area contributed by atoms with Gasteiger partial charge in [0.1, 0.15) is 0 Å². The third kappa shape index (κ3) is 3.23. The number of anilines is 1. The maximum atomic E-state index is 6.15. The van der Waals surface area contributed by atoms with E-state index in [9.17, 15) is 0 Å². The second-order valence-electron chi connectivity index (χ2n) is 6.83. The molecule has 0 atom stereocenters. The Kier molecular flexibility index (Phi) is 4.47. The number of hydrogen-bond acceptors (Lipinski definition) is 4. The predicted molar refractivity (Wildman–Crippen MR) is 112 cm³/mol. The van der Waals surface area contributed by atoms with Crippen LogP contribution in [0.3, 0.4) is 0 Å². The van der Waals surface area contributed by atoms with Gasteiger partial charge in [0.25, 0.3) is 0 Å². The largest absolute Gasteiger partial charge is 0.378 e. The van der Waals surface area contributed by atoms with Crippen molar-refractivity contribution >= 4 is 22.9 Å². The molecule has 5 rings (SSSR count). The number of pyridine rings is 1. The Labute approximate surface area is 168 Å². The molecule has 3 heterocycles. The van der Waals surface area contributed by atoms with E-state index >= 15 is 0 Å². The summed E-state index contributed by atoms with van der Waals surface area (Å²) in [6, 6.07) is 20.4. The van der Waals surface area contributed by atoms with Gasteiger partial charge in [-0.1, -0.05) is 35.9 Å². The van der Waals surface area contributed by atoms with Crippen molar-refractivity contribution in [3.63, 3.8) is 0 Å². The first-order chi connectivity index (χ1) is 13.8. The summed E-state index contributed by atoms with van der Waals surface area (Å²) in [7, 11) is 0. The van der Waals surface area contributed by atoms with E-state index in [0.29, 0.717) is 5.02 Å². The van der Waals surface area contributed by atoms with Crippen molar-refractivity contribution in [2.75, 3.05) is 31.2 Å². The molecule has 6 heteroatoms.